The van der Waals surface area contributed by atoms with Crippen molar-refractivity contribution in [3.63, 3.8) is 0 Å². The Kier molecular flexibility index (Phi) is 3.77. The summed E-state index contributed by atoms with van der Waals surface area (Å²) in [4.78, 5) is 22.3. The predicted octanol–water partition coefficient (Wildman–Crippen LogP) is 3.62. The van der Waals surface area contributed by atoms with Crippen molar-refractivity contribution in [1.29, 1.82) is 0 Å². The third kappa shape index (κ3) is 2.89. The van der Waals surface area contributed by atoms with E-state index in [1.165, 1.54) is 5.56 Å². The van der Waals surface area contributed by atoms with Gasteiger partial charge in [0.15, 0.2) is 0 Å². The van der Waals surface area contributed by atoms with Crippen molar-refractivity contribution in [2.24, 2.45) is 0 Å². The maximum absolute atomic E-state index is 12.6. The molecule has 1 aliphatic heterocycles. The maximum atomic E-state index is 12.6. The number of aromatic nitrogens is 2. The summed E-state index contributed by atoms with van der Waals surface area (Å²) in [5.41, 5.74) is 2.13. The minimum atomic E-state index is -0.223. The molecular formula is C19H20N2O2S. The summed E-state index contributed by atoms with van der Waals surface area (Å²) in [5.74, 6) is 0.759. The molecule has 24 heavy (non-hydrogen) atoms. The number of hydrogen-bond donors (Lipinski definition) is 1. The molecule has 124 valence electrons. The Hall–Kier alpha value is -1.98. The van der Waals surface area contributed by atoms with Gasteiger partial charge in [-0.2, -0.15) is 0 Å². The van der Waals surface area contributed by atoms with Gasteiger partial charge in [-0.3, -0.25) is 4.79 Å². The van der Waals surface area contributed by atoms with Crippen LogP contribution in [-0.2, 0) is 30.6 Å². The van der Waals surface area contributed by atoms with Crippen LogP contribution in [0.2, 0.25) is 0 Å². The van der Waals surface area contributed by atoms with Gasteiger partial charge < -0.3 is 9.72 Å². The topological polar surface area (TPSA) is 55.0 Å². The molecule has 0 saturated heterocycles. The molecule has 0 spiro atoms. The number of nitrogens with zero attached hydrogens (tertiary/aromatic N) is 1. The number of aryl methyl sites for hydroxylation is 2. The van der Waals surface area contributed by atoms with Crippen LogP contribution in [-0.4, -0.2) is 15.6 Å². The van der Waals surface area contributed by atoms with E-state index in [-0.39, 0.29) is 11.2 Å². The Bertz CT molecular complexity index is 941. The van der Waals surface area contributed by atoms with Crippen LogP contribution in [0, 0.1) is 0 Å². The molecule has 2 aromatic heterocycles. The van der Waals surface area contributed by atoms with E-state index in [4.69, 9.17) is 9.72 Å². The van der Waals surface area contributed by atoms with Gasteiger partial charge in [-0.15, -0.1) is 11.3 Å². The molecule has 0 amide bonds. The van der Waals surface area contributed by atoms with E-state index in [0.717, 1.165) is 45.7 Å². The van der Waals surface area contributed by atoms with E-state index in [9.17, 15) is 4.79 Å². The zero-order chi connectivity index (χ0) is 16.7. The van der Waals surface area contributed by atoms with Crippen molar-refractivity contribution >= 4 is 21.6 Å². The van der Waals surface area contributed by atoms with Crippen LogP contribution in [0.1, 0.15) is 35.7 Å². The number of rotatable bonds is 3. The third-order valence-corrected chi connectivity index (χ3v) is 5.58. The number of aromatic amines is 1. The maximum Gasteiger partial charge on any atom is 0.259 e. The summed E-state index contributed by atoms with van der Waals surface area (Å²) in [7, 11) is 0. The van der Waals surface area contributed by atoms with Gasteiger partial charge in [0.25, 0.3) is 5.56 Å². The molecule has 3 aromatic rings. The summed E-state index contributed by atoms with van der Waals surface area (Å²) in [6.07, 6.45) is 2.37. The quantitative estimate of drug-likeness (QED) is 0.792. The first-order chi connectivity index (χ1) is 11.5. The second kappa shape index (κ2) is 5.83. The fourth-order valence-corrected chi connectivity index (χ4v) is 4.34. The molecule has 0 aliphatic carbocycles. The molecule has 3 heterocycles. The van der Waals surface area contributed by atoms with Gasteiger partial charge >= 0.3 is 0 Å². The van der Waals surface area contributed by atoms with E-state index in [0.29, 0.717) is 6.61 Å². The highest BCUT2D eigenvalue weighted by Crippen LogP contribution is 2.36. The summed E-state index contributed by atoms with van der Waals surface area (Å²) in [6.45, 7) is 4.70. The summed E-state index contributed by atoms with van der Waals surface area (Å²) in [5, 5.41) is 0.759. The molecule has 4 nitrogen and oxygen atoms in total. The van der Waals surface area contributed by atoms with Crippen LogP contribution in [0.4, 0.5) is 0 Å². The lowest BCUT2D eigenvalue weighted by Gasteiger charge is -2.29. The van der Waals surface area contributed by atoms with Crippen LogP contribution in [0.5, 0.6) is 0 Å². The van der Waals surface area contributed by atoms with Crippen molar-refractivity contribution in [2.75, 3.05) is 0 Å². The molecule has 0 bridgehead atoms. The Labute approximate surface area is 144 Å². The number of fused-ring (bicyclic) bond motifs is 3. The summed E-state index contributed by atoms with van der Waals surface area (Å²) < 4.78 is 5.87. The van der Waals surface area contributed by atoms with Gasteiger partial charge in [0.1, 0.15) is 10.7 Å². The van der Waals surface area contributed by atoms with Crippen LogP contribution < -0.4 is 5.56 Å². The fraction of sp³-hybridized carbons (Fsp3) is 0.368. The number of thiophene rings is 1. The van der Waals surface area contributed by atoms with Crippen LogP contribution >= 0.6 is 11.3 Å². The molecule has 0 saturated carbocycles. The molecule has 4 rings (SSSR count). The smallest absolute Gasteiger partial charge is 0.259 e. The minimum absolute atomic E-state index is 0.0155. The molecule has 5 heteroatoms. The largest absolute Gasteiger partial charge is 0.370 e. The lowest BCUT2D eigenvalue weighted by molar-refractivity contribution is -0.0379. The van der Waals surface area contributed by atoms with E-state index in [2.05, 4.69) is 31.0 Å². The first kappa shape index (κ1) is 15.5. The zero-order valence-electron chi connectivity index (χ0n) is 13.9. The number of hydrogen-bond acceptors (Lipinski definition) is 4. The van der Waals surface area contributed by atoms with Gasteiger partial charge in [-0.05, 0) is 31.4 Å². The fourth-order valence-electron chi connectivity index (χ4n) is 3.22. The number of benzene rings is 1. The van der Waals surface area contributed by atoms with Crippen molar-refractivity contribution in [2.45, 2.75) is 45.3 Å². The molecule has 0 radical (unpaired) electrons. The van der Waals surface area contributed by atoms with Gasteiger partial charge in [0, 0.05) is 17.7 Å². The predicted molar refractivity (Wildman–Crippen MR) is 96.7 cm³/mol. The summed E-state index contributed by atoms with van der Waals surface area (Å²) in [6, 6.07) is 10.3. The molecule has 1 N–H and O–H groups in total. The van der Waals surface area contributed by atoms with Gasteiger partial charge in [0.05, 0.1) is 17.6 Å². The molecule has 0 unspecified atom stereocenters. The minimum Gasteiger partial charge on any atom is -0.370 e. The van der Waals surface area contributed by atoms with E-state index < -0.39 is 0 Å². The Balaban J connectivity index is 1.67. The molecule has 0 atom stereocenters. The molecule has 0 fully saturated rings. The molecule has 1 aliphatic rings. The Morgan fingerprint density at radius 3 is 2.83 bits per heavy atom. The lowest BCUT2D eigenvalue weighted by atomic mass is 9.94. The van der Waals surface area contributed by atoms with E-state index in [1.807, 2.05) is 18.2 Å². The Morgan fingerprint density at radius 2 is 2.04 bits per heavy atom. The standard InChI is InChI=1S/C19H20N2O2S/c1-19(2)10-13-14(11-23-19)24-18-16(13)17(22)20-15(21-18)9-8-12-6-4-3-5-7-12/h3-7H,8-11H2,1-2H3,(H,20,21,22). The monoisotopic (exact) mass is 340 g/mol. The van der Waals surface area contributed by atoms with Crippen LogP contribution in [0.3, 0.4) is 0 Å². The number of H-pyrrole nitrogens is 1. The van der Waals surface area contributed by atoms with Crippen molar-refractivity contribution in [3.8, 4) is 0 Å². The highest BCUT2D eigenvalue weighted by molar-refractivity contribution is 7.18. The number of nitrogens with one attached hydrogen (secondary N) is 1. The average molecular weight is 340 g/mol. The first-order valence-electron chi connectivity index (χ1n) is 8.23. The third-order valence-electron chi connectivity index (χ3n) is 4.48. The van der Waals surface area contributed by atoms with Crippen molar-refractivity contribution in [1.82, 2.24) is 9.97 Å². The second-order valence-electron chi connectivity index (χ2n) is 6.91. The van der Waals surface area contributed by atoms with E-state index in [1.54, 1.807) is 11.3 Å². The SMILES string of the molecule is CC1(C)Cc2c(sc3nc(CCc4ccccc4)[nH]c(=O)c23)CO1. The van der Waals surface area contributed by atoms with Crippen molar-refractivity contribution < 1.29 is 4.74 Å². The van der Waals surface area contributed by atoms with Gasteiger partial charge in [-0.25, -0.2) is 4.98 Å². The Morgan fingerprint density at radius 1 is 1.25 bits per heavy atom. The zero-order valence-corrected chi connectivity index (χ0v) is 14.7. The summed E-state index contributed by atoms with van der Waals surface area (Å²) >= 11 is 1.59. The molecule has 1 aromatic carbocycles. The first-order valence-corrected chi connectivity index (χ1v) is 9.05. The van der Waals surface area contributed by atoms with Gasteiger partial charge in [0.2, 0.25) is 0 Å². The van der Waals surface area contributed by atoms with E-state index >= 15 is 0 Å². The highest BCUT2D eigenvalue weighted by Gasteiger charge is 2.30. The molecular weight excluding hydrogens is 320 g/mol. The number of ether oxygens (including phenoxy) is 1. The highest BCUT2D eigenvalue weighted by atomic mass is 32.1. The second-order valence-corrected chi connectivity index (χ2v) is 7.99. The van der Waals surface area contributed by atoms with Crippen LogP contribution in [0.25, 0.3) is 10.2 Å². The van der Waals surface area contributed by atoms with Crippen molar-refractivity contribution in [3.05, 3.63) is 62.5 Å². The average Bonchev–Trinajstić information content (AvgIpc) is 2.91. The normalized spacial score (nSPS) is 16.2. The lowest BCUT2D eigenvalue weighted by Crippen LogP contribution is -2.31. The van der Waals surface area contributed by atoms with Gasteiger partial charge in [-0.1, -0.05) is 30.3 Å². The van der Waals surface area contributed by atoms with Crippen LogP contribution in [0.15, 0.2) is 35.1 Å².